The van der Waals surface area contributed by atoms with Crippen molar-refractivity contribution in [1.82, 2.24) is 9.97 Å². The quantitative estimate of drug-likeness (QED) is 0.632. The zero-order chi connectivity index (χ0) is 13.1. The molecule has 0 bridgehead atoms. The lowest BCUT2D eigenvalue weighted by molar-refractivity contribution is 0.568. The molecule has 0 radical (unpaired) electrons. The molecule has 1 unspecified atom stereocenters. The number of nitrogen functional groups attached to an aromatic ring is 1. The molecule has 1 atom stereocenters. The van der Waals surface area contributed by atoms with E-state index in [2.05, 4.69) is 41.1 Å². The van der Waals surface area contributed by atoms with Gasteiger partial charge in [0.25, 0.3) is 0 Å². The molecule has 0 aliphatic carbocycles. The molecule has 1 saturated heterocycles. The topological polar surface area (TPSA) is 67.1 Å². The van der Waals surface area contributed by atoms with Crippen LogP contribution in [0.15, 0.2) is 6.33 Å². The summed E-state index contributed by atoms with van der Waals surface area (Å²) in [5.41, 5.74) is 3.81. The molecule has 0 aromatic carbocycles. The normalized spacial score (nSPS) is 19.6. The summed E-state index contributed by atoms with van der Waals surface area (Å²) in [6, 6.07) is 0. The van der Waals surface area contributed by atoms with Crippen LogP contribution in [0.4, 0.5) is 11.6 Å². The molecule has 3 N–H and O–H groups in total. The maximum absolute atomic E-state index is 5.55. The highest BCUT2D eigenvalue weighted by molar-refractivity contribution is 5.60. The predicted molar refractivity (Wildman–Crippen MR) is 74.5 cm³/mol. The lowest BCUT2D eigenvalue weighted by Crippen LogP contribution is -2.24. The Morgan fingerprint density at radius 3 is 2.83 bits per heavy atom. The van der Waals surface area contributed by atoms with Crippen molar-refractivity contribution < 1.29 is 0 Å². The van der Waals surface area contributed by atoms with Crippen molar-refractivity contribution in [1.29, 1.82) is 0 Å². The van der Waals surface area contributed by atoms with Crippen LogP contribution in [0.25, 0.3) is 0 Å². The molecule has 1 aliphatic heterocycles. The zero-order valence-corrected chi connectivity index (χ0v) is 11.5. The van der Waals surface area contributed by atoms with E-state index in [1.54, 1.807) is 6.33 Å². The molecular formula is C13H23N5. The first-order valence-corrected chi connectivity index (χ1v) is 6.73. The van der Waals surface area contributed by atoms with Crippen LogP contribution in [-0.2, 0) is 0 Å². The van der Waals surface area contributed by atoms with Crippen molar-refractivity contribution in [3.05, 3.63) is 11.9 Å². The summed E-state index contributed by atoms with van der Waals surface area (Å²) >= 11 is 0. The van der Waals surface area contributed by atoms with Gasteiger partial charge in [0.05, 0.1) is 0 Å². The monoisotopic (exact) mass is 249 g/mol. The molecule has 0 spiro atoms. The number of nitrogens with two attached hydrogens (primary N) is 1. The third kappa shape index (κ3) is 2.41. The fraction of sp³-hybridized carbons (Fsp3) is 0.692. The largest absolute Gasteiger partial charge is 0.356 e. The Morgan fingerprint density at radius 1 is 1.50 bits per heavy atom. The van der Waals surface area contributed by atoms with Crippen LogP contribution in [0.1, 0.15) is 45.1 Å². The summed E-state index contributed by atoms with van der Waals surface area (Å²) in [6.45, 7) is 8.73. The van der Waals surface area contributed by atoms with E-state index in [9.17, 15) is 0 Å². The first-order chi connectivity index (χ1) is 8.67. The summed E-state index contributed by atoms with van der Waals surface area (Å²) in [5.74, 6) is 8.48. The summed E-state index contributed by atoms with van der Waals surface area (Å²) in [5, 5.41) is 0. The number of rotatable bonds is 4. The van der Waals surface area contributed by atoms with Crippen molar-refractivity contribution in [2.24, 2.45) is 11.8 Å². The molecule has 1 aromatic heterocycles. The van der Waals surface area contributed by atoms with Gasteiger partial charge in [-0.25, -0.2) is 15.8 Å². The lowest BCUT2D eigenvalue weighted by atomic mass is 10.0. The van der Waals surface area contributed by atoms with E-state index < -0.39 is 0 Å². The van der Waals surface area contributed by atoms with Gasteiger partial charge in [-0.2, -0.15) is 0 Å². The summed E-state index contributed by atoms with van der Waals surface area (Å²) in [7, 11) is 0. The Morgan fingerprint density at radius 2 is 2.28 bits per heavy atom. The van der Waals surface area contributed by atoms with Gasteiger partial charge in [0, 0.05) is 18.7 Å². The van der Waals surface area contributed by atoms with Crippen molar-refractivity contribution in [2.45, 2.75) is 39.5 Å². The Kier molecular flexibility index (Phi) is 4.01. The number of nitrogens with zero attached hydrogens (tertiary/aromatic N) is 3. The molecule has 2 rings (SSSR count). The lowest BCUT2D eigenvalue weighted by Gasteiger charge is -2.23. The van der Waals surface area contributed by atoms with Gasteiger partial charge in [0.2, 0.25) is 0 Å². The van der Waals surface area contributed by atoms with Gasteiger partial charge in [-0.3, -0.25) is 0 Å². The van der Waals surface area contributed by atoms with Crippen LogP contribution < -0.4 is 16.2 Å². The van der Waals surface area contributed by atoms with Crippen LogP contribution in [0.2, 0.25) is 0 Å². The molecule has 0 amide bonds. The molecule has 100 valence electrons. The Balaban J connectivity index is 2.32. The number of anilines is 2. The summed E-state index contributed by atoms with van der Waals surface area (Å²) in [6.07, 6.45) is 4.08. The number of aromatic nitrogens is 2. The van der Waals surface area contributed by atoms with Crippen molar-refractivity contribution in [2.75, 3.05) is 23.4 Å². The first kappa shape index (κ1) is 13.1. The molecule has 0 saturated carbocycles. The van der Waals surface area contributed by atoms with E-state index in [4.69, 9.17) is 5.84 Å². The zero-order valence-electron chi connectivity index (χ0n) is 11.5. The minimum Gasteiger partial charge on any atom is -0.356 e. The highest BCUT2D eigenvalue weighted by Crippen LogP contribution is 2.33. The molecule has 2 heterocycles. The van der Waals surface area contributed by atoms with E-state index in [0.29, 0.717) is 5.92 Å². The third-order valence-corrected chi connectivity index (χ3v) is 3.74. The van der Waals surface area contributed by atoms with Gasteiger partial charge >= 0.3 is 0 Å². The molecular weight excluding hydrogens is 226 g/mol. The number of nitrogens with one attached hydrogen (secondary N) is 1. The second kappa shape index (κ2) is 5.52. The van der Waals surface area contributed by atoms with Crippen LogP contribution in [0.5, 0.6) is 0 Å². The molecule has 5 heteroatoms. The van der Waals surface area contributed by atoms with Crippen LogP contribution in [-0.4, -0.2) is 23.1 Å². The number of hydrazine groups is 1. The predicted octanol–water partition coefficient (Wildman–Crippen LogP) is 2.12. The van der Waals surface area contributed by atoms with E-state index in [1.165, 1.54) is 12.8 Å². The van der Waals surface area contributed by atoms with Crippen LogP contribution >= 0.6 is 0 Å². The van der Waals surface area contributed by atoms with E-state index >= 15 is 0 Å². The minimum absolute atomic E-state index is 0.355. The van der Waals surface area contributed by atoms with Crippen molar-refractivity contribution in [3.8, 4) is 0 Å². The first-order valence-electron chi connectivity index (χ1n) is 6.73. The molecule has 1 aliphatic rings. The van der Waals surface area contributed by atoms with Gasteiger partial charge in [-0.15, -0.1) is 0 Å². The molecule has 5 nitrogen and oxygen atoms in total. The highest BCUT2D eigenvalue weighted by atomic mass is 15.3. The van der Waals surface area contributed by atoms with Gasteiger partial charge < -0.3 is 10.3 Å². The van der Waals surface area contributed by atoms with E-state index in [0.717, 1.165) is 36.2 Å². The van der Waals surface area contributed by atoms with Gasteiger partial charge in [0.15, 0.2) is 0 Å². The van der Waals surface area contributed by atoms with Crippen molar-refractivity contribution >= 4 is 11.6 Å². The Bertz CT molecular complexity index is 404. The SMILES string of the molecule is CCC1CCN(c2ncnc(NN)c2C(C)C)C1. The van der Waals surface area contributed by atoms with Crippen LogP contribution in [0.3, 0.4) is 0 Å². The smallest absolute Gasteiger partial charge is 0.148 e. The fourth-order valence-electron chi connectivity index (χ4n) is 2.64. The molecule has 1 fully saturated rings. The molecule has 1 aromatic rings. The molecule has 18 heavy (non-hydrogen) atoms. The van der Waals surface area contributed by atoms with Crippen molar-refractivity contribution in [3.63, 3.8) is 0 Å². The average Bonchev–Trinajstić information content (AvgIpc) is 2.86. The maximum Gasteiger partial charge on any atom is 0.148 e. The van der Waals surface area contributed by atoms with Crippen LogP contribution in [0, 0.1) is 5.92 Å². The minimum atomic E-state index is 0.355. The number of hydrogen-bond acceptors (Lipinski definition) is 5. The fourth-order valence-corrected chi connectivity index (χ4v) is 2.64. The standard InChI is InChI=1S/C13H23N5/c1-4-10-5-6-18(7-10)13-11(9(2)3)12(17-14)15-8-16-13/h8-10H,4-7,14H2,1-3H3,(H,15,16,17). The summed E-state index contributed by atoms with van der Waals surface area (Å²) in [4.78, 5) is 11.1. The highest BCUT2D eigenvalue weighted by Gasteiger charge is 2.26. The summed E-state index contributed by atoms with van der Waals surface area (Å²) < 4.78 is 0. The van der Waals surface area contributed by atoms with Gasteiger partial charge in [0.1, 0.15) is 18.0 Å². The number of hydrogen-bond donors (Lipinski definition) is 2. The second-order valence-electron chi connectivity index (χ2n) is 5.27. The third-order valence-electron chi connectivity index (χ3n) is 3.74. The maximum atomic E-state index is 5.55. The van der Waals surface area contributed by atoms with Gasteiger partial charge in [-0.05, 0) is 18.3 Å². The van der Waals surface area contributed by atoms with Gasteiger partial charge in [-0.1, -0.05) is 27.2 Å². The Labute approximate surface area is 109 Å². The van der Waals surface area contributed by atoms with E-state index in [-0.39, 0.29) is 0 Å². The second-order valence-corrected chi connectivity index (χ2v) is 5.27. The Hall–Kier alpha value is -1.36. The average molecular weight is 249 g/mol. The van der Waals surface area contributed by atoms with E-state index in [1.807, 2.05) is 0 Å².